The maximum Gasteiger partial charge on any atom is 0.416 e. The highest BCUT2D eigenvalue weighted by Gasteiger charge is 2.32. The molecule has 1 aliphatic rings. The van der Waals surface area contributed by atoms with E-state index in [-0.39, 0.29) is 28.6 Å². The fourth-order valence-electron chi connectivity index (χ4n) is 3.24. The Morgan fingerprint density at radius 1 is 1.14 bits per heavy atom. The first-order chi connectivity index (χ1) is 13.3. The minimum absolute atomic E-state index is 0.0146. The van der Waals surface area contributed by atoms with Gasteiger partial charge in [-0.2, -0.15) is 13.2 Å². The molecular weight excluding hydrogens is 375 g/mol. The Hall–Kier alpha value is -2.84. The van der Waals surface area contributed by atoms with Crippen molar-refractivity contribution in [1.29, 1.82) is 0 Å². The van der Waals surface area contributed by atoms with Gasteiger partial charge in [-0.1, -0.05) is 30.1 Å². The zero-order chi connectivity index (χ0) is 20.3. The van der Waals surface area contributed by atoms with E-state index in [9.17, 15) is 22.8 Å². The number of amides is 2. The maximum absolute atomic E-state index is 12.8. The summed E-state index contributed by atoms with van der Waals surface area (Å²) >= 11 is 0. The average molecular weight is 395 g/mol. The smallest absolute Gasteiger partial charge is 0.355 e. The first-order valence-electron chi connectivity index (χ1n) is 9.07. The first-order valence-corrected chi connectivity index (χ1v) is 9.07. The number of carbonyl (C=O) groups excluding carboxylic acids is 2. The van der Waals surface area contributed by atoms with Gasteiger partial charge in [-0.25, -0.2) is 0 Å². The van der Waals surface area contributed by atoms with Crippen molar-refractivity contribution >= 4 is 11.8 Å². The molecule has 0 aliphatic heterocycles. The molecule has 0 radical (unpaired) electrons. The van der Waals surface area contributed by atoms with Crippen molar-refractivity contribution in [1.82, 2.24) is 15.8 Å². The molecule has 0 unspecified atom stereocenters. The minimum atomic E-state index is -4.48. The second-order valence-corrected chi connectivity index (χ2v) is 6.62. The number of carbonyl (C=O) groups is 2. The van der Waals surface area contributed by atoms with Gasteiger partial charge in [0, 0.05) is 18.2 Å². The standard InChI is InChI=1S/C19H20F3N3O3/c1-2-23-17(26)14-15(18(27)24-13-5-3-4-6-13)25-28-16(14)11-7-9-12(10-8-11)19(20,21)22/h7-10,13H,2-6H2,1H3,(H,23,26)(H,24,27). The number of halogens is 3. The molecule has 1 aliphatic carbocycles. The summed E-state index contributed by atoms with van der Waals surface area (Å²) in [5, 5.41) is 9.16. The molecule has 6 nitrogen and oxygen atoms in total. The summed E-state index contributed by atoms with van der Waals surface area (Å²) < 4.78 is 43.5. The van der Waals surface area contributed by atoms with Crippen LogP contribution in [0.2, 0.25) is 0 Å². The molecule has 2 amide bonds. The quantitative estimate of drug-likeness (QED) is 0.807. The molecule has 9 heteroatoms. The van der Waals surface area contributed by atoms with Gasteiger partial charge in [-0.15, -0.1) is 0 Å². The molecule has 2 N–H and O–H groups in total. The van der Waals surface area contributed by atoms with Crippen molar-refractivity contribution in [3.8, 4) is 11.3 Å². The van der Waals surface area contributed by atoms with E-state index in [1.54, 1.807) is 6.92 Å². The highest BCUT2D eigenvalue weighted by molar-refractivity contribution is 6.09. The van der Waals surface area contributed by atoms with Crippen molar-refractivity contribution in [2.24, 2.45) is 0 Å². The van der Waals surface area contributed by atoms with Crippen LogP contribution in [-0.2, 0) is 6.18 Å². The van der Waals surface area contributed by atoms with Crippen molar-refractivity contribution in [3.05, 3.63) is 41.1 Å². The molecule has 28 heavy (non-hydrogen) atoms. The van der Waals surface area contributed by atoms with Crippen molar-refractivity contribution in [3.63, 3.8) is 0 Å². The van der Waals surface area contributed by atoms with Gasteiger partial charge < -0.3 is 15.2 Å². The number of alkyl halides is 3. The van der Waals surface area contributed by atoms with Crippen LogP contribution in [0.15, 0.2) is 28.8 Å². The summed E-state index contributed by atoms with van der Waals surface area (Å²) in [5.74, 6) is -1.15. The van der Waals surface area contributed by atoms with E-state index in [1.165, 1.54) is 12.1 Å². The number of hydrogen-bond acceptors (Lipinski definition) is 4. The zero-order valence-electron chi connectivity index (χ0n) is 15.2. The topological polar surface area (TPSA) is 84.2 Å². The third kappa shape index (κ3) is 4.18. The summed E-state index contributed by atoms with van der Waals surface area (Å²) in [5.41, 5.74) is -0.860. The second kappa shape index (κ2) is 8.04. The van der Waals surface area contributed by atoms with Gasteiger partial charge in [0.1, 0.15) is 5.56 Å². The maximum atomic E-state index is 12.8. The summed E-state index contributed by atoms with van der Waals surface area (Å²) in [7, 11) is 0. The molecule has 1 heterocycles. The van der Waals surface area contributed by atoms with Gasteiger partial charge >= 0.3 is 6.18 Å². The lowest BCUT2D eigenvalue weighted by atomic mass is 10.0. The Morgan fingerprint density at radius 2 is 1.79 bits per heavy atom. The zero-order valence-corrected chi connectivity index (χ0v) is 15.2. The fraction of sp³-hybridized carbons (Fsp3) is 0.421. The van der Waals surface area contributed by atoms with E-state index < -0.39 is 23.6 Å². The van der Waals surface area contributed by atoms with Crippen LogP contribution in [-0.4, -0.2) is 29.6 Å². The lowest BCUT2D eigenvalue weighted by molar-refractivity contribution is -0.137. The molecular formula is C19H20F3N3O3. The summed E-state index contributed by atoms with van der Waals surface area (Å²) in [6, 6.07) is 4.16. The third-order valence-electron chi connectivity index (χ3n) is 4.64. The molecule has 150 valence electrons. The Labute approximate surface area is 159 Å². The number of rotatable bonds is 5. The summed E-state index contributed by atoms with van der Waals surface area (Å²) in [4.78, 5) is 25.1. The Kier molecular flexibility index (Phi) is 5.71. The van der Waals surface area contributed by atoms with Gasteiger partial charge in [0.15, 0.2) is 11.5 Å². The van der Waals surface area contributed by atoms with Crippen LogP contribution in [0.5, 0.6) is 0 Å². The lowest BCUT2D eigenvalue weighted by Crippen LogP contribution is -2.34. The van der Waals surface area contributed by atoms with Gasteiger partial charge in [0.25, 0.3) is 11.8 Å². The van der Waals surface area contributed by atoms with Crippen LogP contribution >= 0.6 is 0 Å². The molecule has 1 saturated carbocycles. The highest BCUT2D eigenvalue weighted by Crippen LogP contribution is 2.32. The molecule has 3 rings (SSSR count). The number of hydrogen-bond donors (Lipinski definition) is 2. The van der Waals surface area contributed by atoms with Gasteiger partial charge in [0.2, 0.25) is 0 Å². The summed E-state index contributed by atoms with van der Waals surface area (Å²) in [6.07, 6.45) is -0.736. The number of aromatic nitrogens is 1. The van der Waals surface area contributed by atoms with Crippen LogP contribution in [0.3, 0.4) is 0 Å². The first kappa shape index (κ1) is 19.9. The third-order valence-corrected chi connectivity index (χ3v) is 4.64. The molecule has 1 aromatic carbocycles. The van der Waals surface area contributed by atoms with Gasteiger partial charge in [0.05, 0.1) is 5.56 Å². The molecule has 0 saturated heterocycles. The van der Waals surface area contributed by atoms with Crippen LogP contribution in [0.1, 0.15) is 59.0 Å². The van der Waals surface area contributed by atoms with Crippen LogP contribution in [0.25, 0.3) is 11.3 Å². The molecule has 0 atom stereocenters. The van der Waals surface area contributed by atoms with E-state index >= 15 is 0 Å². The van der Waals surface area contributed by atoms with Gasteiger partial charge in [-0.3, -0.25) is 9.59 Å². The number of benzene rings is 1. The Bertz CT molecular complexity index is 854. The second-order valence-electron chi connectivity index (χ2n) is 6.62. The SMILES string of the molecule is CCNC(=O)c1c(C(=O)NC2CCCC2)noc1-c1ccc(C(F)(F)F)cc1. The molecule has 1 aromatic heterocycles. The van der Waals surface area contributed by atoms with Crippen molar-refractivity contribution < 1.29 is 27.3 Å². The summed E-state index contributed by atoms with van der Waals surface area (Å²) in [6.45, 7) is 2.02. The van der Waals surface area contributed by atoms with Crippen LogP contribution in [0.4, 0.5) is 13.2 Å². The molecule has 0 spiro atoms. The normalized spacial score (nSPS) is 14.9. The van der Waals surface area contributed by atoms with E-state index in [0.29, 0.717) is 6.54 Å². The van der Waals surface area contributed by atoms with Gasteiger partial charge in [-0.05, 0) is 31.9 Å². The minimum Gasteiger partial charge on any atom is -0.355 e. The van der Waals surface area contributed by atoms with Crippen LogP contribution in [0, 0.1) is 0 Å². The molecule has 1 fully saturated rings. The molecule has 2 aromatic rings. The van der Waals surface area contributed by atoms with Crippen molar-refractivity contribution in [2.75, 3.05) is 6.54 Å². The van der Waals surface area contributed by atoms with Crippen LogP contribution < -0.4 is 10.6 Å². The Morgan fingerprint density at radius 3 is 2.36 bits per heavy atom. The monoisotopic (exact) mass is 395 g/mol. The van der Waals surface area contributed by atoms with E-state index in [1.807, 2.05) is 0 Å². The Balaban J connectivity index is 1.95. The highest BCUT2D eigenvalue weighted by atomic mass is 19.4. The average Bonchev–Trinajstić information content (AvgIpc) is 3.30. The molecule has 0 bridgehead atoms. The number of nitrogens with zero attached hydrogens (tertiary/aromatic N) is 1. The predicted octanol–water partition coefficient (Wildman–Crippen LogP) is 3.78. The largest absolute Gasteiger partial charge is 0.416 e. The lowest BCUT2D eigenvalue weighted by Gasteiger charge is -2.11. The van der Waals surface area contributed by atoms with Crippen molar-refractivity contribution in [2.45, 2.75) is 44.8 Å². The van der Waals surface area contributed by atoms with E-state index in [0.717, 1.165) is 37.8 Å². The predicted molar refractivity (Wildman–Crippen MR) is 94.7 cm³/mol. The number of nitrogens with one attached hydrogen (secondary N) is 2. The fourth-order valence-corrected chi connectivity index (χ4v) is 3.24. The van der Waals surface area contributed by atoms with E-state index in [4.69, 9.17) is 4.52 Å². The van der Waals surface area contributed by atoms with E-state index in [2.05, 4.69) is 15.8 Å².